The molecule has 1 aliphatic rings. The predicted molar refractivity (Wildman–Crippen MR) is 85.3 cm³/mol. The number of carbonyl (C=O) groups is 1. The quantitative estimate of drug-likeness (QED) is 0.931. The van der Waals surface area contributed by atoms with Crippen molar-refractivity contribution in [2.45, 2.75) is 0 Å². The van der Waals surface area contributed by atoms with Crippen molar-refractivity contribution >= 4 is 11.7 Å². The maximum absolute atomic E-state index is 11.1. The van der Waals surface area contributed by atoms with E-state index in [2.05, 4.69) is 28.0 Å². The first-order valence-electron chi connectivity index (χ1n) is 7.36. The van der Waals surface area contributed by atoms with E-state index in [1.165, 1.54) is 0 Å². The second-order valence-electron chi connectivity index (χ2n) is 5.65. The zero-order chi connectivity index (χ0) is 15.7. The first-order valence-corrected chi connectivity index (χ1v) is 7.36. The molecule has 0 saturated carbocycles. The second kappa shape index (κ2) is 5.81. The number of likely N-dealkylation sites (N-methyl/N-ethyl adjacent to an activating group) is 1. The highest BCUT2D eigenvalue weighted by Gasteiger charge is 2.20. The summed E-state index contributed by atoms with van der Waals surface area (Å²) in [7, 11) is 3.91. The summed E-state index contributed by atoms with van der Waals surface area (Å²) in [6.45, 7) is 3.99. The molecule has 1 aromatic heterocycles. The number of nitrogens with zero attached hydrogens (tertiary/aromatic N) is 4. The van der Waals surface area contributed by atoms with Gasteiger partial charge in [-0.15, -0.1) is 0 Å². The number of aromatic nitrogens is 2. The summed E-state index contributed by atoms with van der Waals surface area (Å²) in [4.78, 5) is 15.8. The monoisotopic (exact) mass is 300 g/mol. The minimum Gasteiger partial charge on any atom is -0.476 e. The van der Waals surface area contributed by atoms with Crippen LogP contribution >= 0.6 is 0 Å². The number of benzene rings is 1. The number of hydrogen-bond acceptors (Lipinski definition) is 4. The van der Waals surface area contributed by atoms with E-state index in [0.717, 1.165) is 43.1 Å². The lowest BCUT2D eigenvalue weighted by atomic mass is 10.1. The lowest BCUT2D eigenvalue weighted by molar-refractivity contribution is 0.0689. The Labute approximate surface area is 129 Å². The molecule has 0 amide bonds. The SMILES string of the molecule is CN1CCN(c2ccccc2-c2cc(C(=O)O)nn2C)CC1. The minimum atomic E-state index is -1.00. The van der Waals surface area contributed by atoms with Gasteiger partial charge < -0.3 is 14.9 Å². The zero-order valence-corrected chi connectivity index (χ0v) is 12.9. The molecule has 6 heteroatoms. The van der Waals surface area contributed by atoms with E-state index in [4.69, 9.17) is 5.11 Å². The molecule has 116 valence electrons. The Bertz CT molecular complexity index is 687. The summed E-state index contributed by atoms with van der Waals surface area (Å²) in [6, 6.07) is 9.75. The van der Waals surface area contributed by atoms with Crippen molar-refractivity contribution in [3.63, 3.8) is 0 Å². The number of carboxylic acids is 1. The molecule has 0 unspecified atom stereocenters. The van der Waals surface area contributed by atoms with Gasteiger partial charge in [-0.2, -0.15) is 5.10 Å². The summed E-state index contributed by atoms with van der Waals surface area (Å²) in [5.41, 5.74) is 3.06. The molecule has 0 spiro atoms. The van der Waals surface area contributed by atoms with Gasteiger partial charge in [0.2, 0.25) is 0 Å². The van der Waals surface area contributed by atoms with Gasteiger partial charge in [0.15, 0.2) is 5.69 Å². The van der Waals surface area contributed by atoms with Crippen molar-refractivity contribution < 1.29 is 9.90 Å². The molecular formula is C16H20N4O2. The number of piperazine rings is 1. The molecular weight excluding hydrogens is 280 g/mol. The van der Waals surface area contributed by atoms with Crippen LogP contribution in [0.4, 0.5) is 5.69 Å². The van der Waals surface area contributed by atoms with Crippen LogP contribution < -0.4 is 4.90 Å². The molecule has 2 heterocycles. The molecule has 0 aliphatic carbocycles. The predicted octanol–water partition coefficient (Wildman–Crippen LogP) is 1.54. The van der Waals surface area contributed by atoms with Crippen LogP contribution in [0.5, 0.6) is 0 Å². The van der Waals surface area contributed by atoms with Gasteiger partial charge in [0.25, 0.3) is 0 Å². The van der Waals surface area contributed by atoms with E-state index in [1.807, 2.05) is 18.2 Å². The number of rotatable bonds is 3. The third kappa shape index (κ3) is 2.69. The summed E-state index contributed by atoms with van der Waals surface area (Å²) < 4.78 is 1.64. The molecule has 1 aliphatic heterocycles. The van der Waals surface area contributed by atoms with Crippen LogP contribution in [-0.4, -0.2) is 59.0 Å². The van der Waals surface area contributed by atoms with E-state index in [1.54, 1.807) is 17.8 Å². The van der Waals surface area contributed by atoms with Gasteiger partial charge in [0.05, 0.1) is 5.69 Å². The average molecular weight is 300 g/mol. The molecule has 0 bridgehead atoms. The summed E-state index contributed by atoms with van der Waals surface area (Å²) in [6.07, 6.45) is 0. The Hall–Kier alpha value is -2.34. The third-order valence-electron chi connectivity index (χ3n) is 4.12. The van der Waals surface area contributed by atoms with Crippen LogP contribution in [0.25, 0.3) is 11.3 Å². The summed E-state index contributed by atoms with van der Waals surface area (Å²) in [5.74, 6) is -1.00. The van der Waals surface area contributed by atoms with E-state index in [0.29, 0.717) is 0 Å². The minimum absolute atomic E-state index is 0.0747. The van der Waals surface area contributed by atoms with Crippen molar-refractivity contribution in [3.8, 4) is 11.3 Å². The van der Waals surface area contributed by atoms with Crippen molar-refractivity contribution in [1.82, 2.24) is 14.7 Å². The highest BCUT2D eigenvalue weighted by molar-refractivity contribution is 5.88. The van der Waals surface area contributed by atoms with Gasteiger partial charge in [0, 0.05) is 44.5 Å². The van der Waals surface area contributed by atoms with Gasteiger partial charge in [-0.3, -0.25) is 4.68 Å². The fraction of sp³-hybridized carbons (Fsp3) is 0.375. The normalized spacial score (nSPS) is 16.0. The van der Waals surface area contributed by atoms with E-state index in [-0.39, 0.29) is 5.69 Å². The molecule has 1 saturated heterocycles. The third-order valence-corrected chi connectivity index (χ3v) is 4.12. The highest BCUT2D eigenvalue weighted by atomic mass is 16.4. The van der Waals surface area contributed by atoms with E-state index in [9.17, 15) is 4.79 Å². The first kappa shape index (κ1) is 14.6. The van der Waals surface area contributed by atoms with Crippen LogP contribution in [0.1, 0.15) is 10.5 Å². The molecule has 22 heavy (non-hydrogen) atoms. The number of carboxylic acid groups (broad SMARTS) is 1. The molecule has 1 fully saturated rings. The Morgan fingerprint density at radius 1 is 1.14 bits per heavy atom. The molecule has 2 aromatic rings. The molecule has 1 N–H and O–H groups in total. The standard InChI is InChI=1S/C16H20N4O2/c1-18-7-9-20(10-8-18)14-6-4-3-5-12(14)15-11-13(16(21)22)17-19(15)2/h3-6,11H,7-10H2,1-2H3,(H,21,22). The second-order valence-corrected chi connectivity index (χ2v) is 5.65. The summed E-state index contributed by atoms with van der Waals surface area (Å²) in [5, 5.41) is 13.2. The average Bonchev–Trinajstić information content (AvgIpc) is 2.90. The van der Waals surface area contributed by atoms with Crippen molar-refractivity contribution in [2.24, 2.45) is 7.05 Å². The Kier molecular flexibility index (Phi) is 3.85. The number of aryl methyl sites for hydroxylation is 1. The maximum atomic E-state index is 11.1. The molecule has 0 radical (unpaired) electrons. The zero-order valence-electron chi connectivity index (χ0n) is 12.9. The van der Waals surface area contributed by atoms with Crippen molar-refractivity contribution in [1.29, 1.82) is 0 Å². The fourth-order valence-electron chi connectivity index (χ4n) is 2.84. The van der Waals surface area contributed by atoms with Crippen LogP contribution in [0.15, 0.2) is 30.3 Å². The number of para-hydroxylation sites is 1. The highest BCUT2D eigenvalue weighted by Crippen LogP contribution is 2.31. The molecule has 3 rings (SSSR count). The van der Waals surface area contributed by atoms with Gasteiger partial charge in [-0.25, -0.2) is 4.79 Å². The van der Waals surface area contributed by atoms with Crippen LogP contribution in [0, 0.1) is 0 Å². The van der Waals surface area contributed by atoms with Gasteiger partial charge in [0.1, 0.15) is 0 Å². The topological polar surface area (TPSA) is 61.6 Å². The van der Waals surface area contributed by atoms with Gasteiger partial charge in [-0.05, 0) is 19.2 Å². The lowest BCUT2D eigenvalue weighted by Gasteiger charge is -2.35. The smallest absolute Gasteiger partial charge is 0.356 e. The molecule has 6 nitrogen and oxygen atoms in total. The Balaban J connectivity index is 1.99. The fourth-order valence-corrected chi connectivity index (χ4v) is 2.84. The van der Waals surface area contributed by atoms with Gasteiger partial charge in [-0.1, -0.05) is 18.2 Å². The van der Waals surface area contributed by atoms with Crippen molar-refractivity contribution in [3.05, 3.63) is 36.0 Å². The molecule has 0 atom stereocenters. The van der Waals surface area contributed by atoms with Crippen molar-refractivity contribution in [2.75, 3.05) is 38.1 Å². The number of aromatic carboxylic acids is 1. The lowest BCUT2D eigenvalue weighted by Crippen LogP contribution is -2.44. The van der Waals surface area contributed by atoms with Crippen LogP contribution in [-0.2, 0) is 7.05 Å². The Morgan fingerprint density at radius 3 is 2.45 bits per heavy atom. The molecule has 1 aromatic carbocycles. The Morgan fingerprint density at radius 2 is 1.82 bits per heavy atom. The number of hydrogen-bond donors (Lipinski definition) is 1. The van der Waals surface area contributed by atoms with Gasteiger partial charge >= 0.3 is 5.97 Å². The van der Waals surface area contributed by atoms with Crippen LogP contribution in [0.2, 0.25) is 0 Å². The largest absolute Gasteiger partial charge is 0.476 e. The number of anilines is 1. The van der Waals surface area contributed by atoms with E-state index >= 15 is 0 Å². The van der Waals surface area contributed by atoms with E-state index < -0.39 is 5.97 Å². The van der Waals surface area contributed by atoms with Crippen LogP contribution in [0.3, 0.4) is 0 Å². The maximum Gasteiger partial charge on any atom is 0.356 e. The summed E-state index contributed by atoms with van der Waals surface area (Å²) >= 11 is 0. The first-order chi connectivity index (χ1) is 10.6.